The molecule has 226 valence electrons. The first-order chi connectivity index (χ1) is 19.7. The smallest absolute Gasteiger partial charge is 0.315 e. The van der Waals surface area contributed by atoms with Crippen molar-refractivity contribution < 1.29 is 28.4 Å². The van der Waals surface area contributed by atoms with Crippen molar-refractivity contribution in [1.29, 1.82) is 0 Å². The summed E-state index contributed by atoms with van der Waals surface area (Å²) in [6.07, 6.45) is 5.89. The van der Waals surface area contributed by atoms with Gasteiger partial charge in [-0.15, -0.1) is 0 Å². The SMILES string of the molecule is CC(C)C[C@H](NC(=O)c1ccc(F)cc1)C(=O)N[C@H](C=O)CCCCNC(=O)CCCC[C@@H]1SC[C@@H]2NC(=O)N[C@@H]21. The summed E-state index contributed by atoms with van der Waals surface area (Å²) < 4.78 is 13.2. The number of urea groups is 1. The van der Waals surface area contributed by atoms with Gasteiger partial charge < -0.3 is 31.4 Å². The van der Waals surface area contributed by atoms with Crippen LogP contribution in [0.2, 0.25) is 0 Å². The normalized spacial score (nSPS) is 20.9. The second-order valence-corrected chi connectivity index (χ2v) is 12.4. The fourth-order valence-electron chi connectivity index (χ4n) is 5.08. The molecule has 2 saturated heterocycles. The molecule has 1 aromatic rings. The molecular weight excluding hydrogens is 549 g/mol. The van der Waals surface area contributed by atoms with Gasteiger partial charge in [0.25, 0.3) is 5.91 Å². The maximum Gasteiger partial charge on any atom is 0.315 e. The molecule has 0 bridgehead atoms. The predicted molar refractivity (Wildman–Crippen MR) is 156 cm³/mol. The minimum atomic E-state index is -0.837. The molecule has 3 rings (SSSR count). The van der Waals surface area contributed by atoms with Crippen molar-refractivity contribution in [2.45, 2.75) is 94.6 Å². The second kappa shape index (κ2) is 16.3. The van der Waals surface area contributed by atoms with E-state index in [1.54, 1.807) is 0 Å². The van der Waals surface area contributed by atoms with Crippen molar-refractivity contribution >= 4 is 41.8 Å². The van der Waals surface area contributed by atoms with Crippen molar-refractivity contribution in [1.82, 2.24) is 26.6 Å². The molecule has 5 N–H and O–H groups in total. The van der Waals surface area contributed by atoms with Gasteiger partial charge in [0.2, 0.25) is 11.8 Å². The molecule has 5 amide bonds. The average Bonchev–Trinajstić information content (AvgIpc) is 3.48. The van der Waals surface area contributed by atoms with E-state index in [0.29, 0.717) is 50.2 Å². The van der Waals surface area contributed by atoms with E-state index in [-0.39, 0.29) is 35.5 Å². The quantitative estimate of drug-likeness (QED) is 0.107. The third-order valence-corrected chi connectivity index (χ3v) is 8.78. The van der Waals surface area contributed by atoms with Crippen LogP contribution in [0.1, 0.15) is 75.6 Å². The van der Waals surface area contributed by atoms with Gasteiger partial charge in [0.1, 0.15) is 18.1 Å². The summed E-state index contributed by atoms with van der Waals surface area (Å²) in [5.41, 5.74) is 0.240. The van der Waals surface area contributed by atoms with Gasteiger partial charge in [-0.3, -0.25) is 14.4 Å². The zero-order valence-corrected chi connectivity index (χ0v) is 24.6. The Morgan fingerprint density at radius 2 is 1.83 bits per heavy atom. The maximum absolute atomic E-state index is 13.2. The highest BCUT2D eigenvalue weighted by Gasteiger charge is 2.42. The van der Waals surface area contributed by atoms with Gasteiger partial charge >= 0.3 is 6.03 Å². The molecule has 0 radical (unpaired) electrons. The molecular formula is C29H42FN5O5S. The minimum absolute atomic E-state index is 0.00792. The highest BCUT2D eigenvalue weighted by Crippen LogP contribution is 2.33. The fourth-order valence-corrected chi connectivity index (χ4v) is 6.63. The van der Waals surface area contributed by atoms with E-state index < -0.39 is 29.7 Å². The monoisotopic (exact) mass is 591 g/mol. The first-order valence-electron chi connectivity index (χ1n) is 14.4. The van der Waals surface area contributed by atoms with Crippen LogP contribution in [0.4, 0.5) is 9.18 Å². The average molecular weight is 592 g/mol. The van der Waals surface area contributed by atoms with Crippen LogP contribution in [0.5, 0.6) is 0 Å². The third-order valence-electron chi connectivity index (χ3n) is 7.27. The van der Waals surface area contributed by atoms with E-state index in [1.165, 1.54) is 24.3 Å². The Hall–Kier alpha value is -3.15. The lowest BCUT2D eigenvalue weighted by molar-refractivity contribution is -0.126. The van der Waals surface area contributed by atoms with E-state index in [9.17, 15) is 28.4 Å². The van der Waals surface area contributed by atoms with Crippen LogP contribution in [0, 0.1) is 11.7 Å². The van der Waals surface area contributed by atoms with Crippen LogP contribution in [0.3, 0.4) is 0 Å². The van der Waals surface area contributed by atoms with Crippen molar-refractivity contribution in [3.05, 3.63) is 35.6 Å². The van der Waals surface area contributed by atoms with Gasteiger partial charge in [-0.2, -0.15) is 11.8 Å². The number of nitrogens with one attached hydrogen (secondary N) is 5. The van der Waals surface area contributed by atoms with Crippen molar-refractivity contribution in [3.8, 4) is 0 Å². The summed E-state index contributed by atoms with van der Waals surface area (Å²) in [5, 5.41) is 14.6. The molecule has 2 aliphatic rings. The van der Waals surface area contributed by atoms with Gasteiger partial charge in [-0.05, 0) is 68.7 Å². The van der Waals surface area contributed by atoms with Crippen LogP contribution in [-0.4, -0.2) is 71.8 Å². The number of amides is 5. The Bertz CT molecular complexity index is 1060. The summed E-state index contributed by atoms with van der Waals surface area (Å²) in [7, 11) is 0. The maximum atomic E-state index is 13.2. The lowest BCUT2D eigenvalue weighted by Gasteiger charge is -2.22. The van der Waals surface area contributed by atoms with E-state index in [2.05, 4.69) is 26.6 Å². The lowest BCUT2D eigenvalue weighted by atomic mass is 10.0. The molecule has 5 atom stereocenters. The highest BCUT2D eigenvalue weighted by molar-refractivity contribution is 8.00. The van der Waals surface area contributed by atoms with Crippen LogP contribution in [0.25, 0.3) is 0 Å². The number of benzene rings is 1. The largest absolute Gasteiger partial charge is 0.356 e. The standard InChI is InChI=1S/C29H42FN5O5S/c1-18(2)15-22(33-27(38)19-10-12-20(30)13-11-19)28(39)32-21(16-36)7-5-6-14-31-25(37)9-4-3-8-24-26-23(17-41-24)34-29(40)35-26/h10-13,16,18,21-24,26H,3-9,14-15,17H2,1-2H3,(H,31,37)(H,32,39)(H,33,38)(H2,34,35,40)/t21-,22-,23-,24-,26-/m0/s1. The fraction of sp³-hybridized carbons (Fsp3) is 0.621. The summed E-state index contributed by atoms with van der Waals surface area (Å²) >= 11 is 1.87. The molecule has 1 aromatic carbocycles. The van der Waals surface area contributed by atoms with Gasteiger partial charge in [-0.1, -0.05) is 20.3 Å². The number of hydrogen-bond donors (Lipinski definition) is 5. The predicted octanol–water partition coefficient (Wildman–Crippen LogP) is 2.67. The topological polar surface area (TPSA) is 146 Å². The number of unbranched alkanes of at least 4 members (excludes halogenated alkanes) is 2. The molecule has 2 fully saturated rings. The third kappa shape index (κ3) is 10.6. The molecule has 41 heavy (non-hydrogen) atoms. The zero-order valence-electron chi connectivity index (χ0n) is 23.7. The Balaban J connectivity index is 1.29. The van der Waals surface area contributed by atoms with E-state index in [4.69, 9.17) is 0 Å². The number of rotatable bonds is 17. The second-order valence-electron chi connectivity index (χ2n) is 11.1. The number of fused-ring (bicyclic) bond motifs is 1. The molecule has 2 heterocycles. The Morgan fingerprint density at radius 3 is 2.54 bits per heavy atom. The number of carbonyl (C=O) groups excluding carboxylic acids is 5. The number of hydrogen-bond acceptors (Lipinski definition) is 6. The van der Waals surface area contributed by atoms with Gasteiger partial charge in [0.05, 0.1) is 18.1 Å². The summed E-state index contributed by atoms with van der Waals surface area (Å²) in [5.74, 6) is -0.369. The van der Waals surface area contributed by atoms with E-state index in [1.807, 2.05) is 25.6 Å². The number of carbonyl (C=O) groups is 5. The van der Waals surface area contributed by atoms with Crippen LogP contribution >= 0.6 is 11.8 Å². The van der Waals surface area contributed by atoms with Crippen LogP contribution in [0.15, 0.2) is 24.3 Å². The Morgan fingerprint density at radius 1 is 1.07 bits per heavy atom. The van der Waals surface area contributed by atoms with Crippen LogP contribution in [-0.2, 0) is 14.4 Å². The lowest BCUT2D eigenvalue weighted by Crippen LogP contribution is -2.50. The molecule has 0 aliphatic carbocycles. The molecule has 2 aliphatic heterocycles. The van der Waals surface area contributed by atoms with E-state index >= 15 is 0 Å². The molecule has 0 aromatic heterocycles. The molecule has 10 nitrogen and oxygen atoms in total. The minimum Gasteiger partial charge on any atom is -0.356 e. The molecule has 12 heteroatoms. The highest BCUT2D eigenvalue weighted by atomic mass is 32.2. The first-order valence-corrected chi connectivity index (χ1v) is 15.5. The molecule has 0 saturated carbocycles. The summed E-state index contributed by atoms with van der Waals surface area (Å²) in [6.45, 7) is 4.34. The zero-order chi connectivity index (χ0) is 29.8. The Kier molecular flexibility index (Phi) is 12.9. The Labute approximate surface area is 245 Å². The van der Waals surface area contributed by atoms with Crippen molar-refractivity contribution in [2.75, 3.05) is 12.3 Å². The molecule has 0 spiro atoms. The van der Waals surface area contributed by atoms with Crippen molar-refractivity contribution in [3.63, 3.8) is 0 Å². The summed E-state index contributed by atoms with van der Waals surface area (Å²) in [4.78, 5) is 60.7. The number of thioether (sulfide) groups is 1. The van der Waals surface area contributed by atoms with Gasteiger partial charge in [0.15, 0.2) is 0 Å². The number of halogens is 1. The number of aldehydes is 1. The van der Waals surface area contributed by atoms with Crippen LogP contribution < -0.4 is 26.6 Å². The summed E-state index contributed by atoms with van der Waals surface area (Å²) in [6, 6.07) is 3.82. The van der Waals surface area contributed by atoms with Gasteiger partial charge in [0, 0.05) is 29.5 Å². The first kappa shape index (κ1) is 32.4. The van der Waals surface area contributed by atoms with Crippen molar-refractivity contribution in [2.24, 2.45) is 5.92 Å². The molecule has 0 unspecified atom stereocenters. The van der Waals surface area contributed by atoms with Gasteiger partial charge in [-0.25, -0.2) is 9.18 Å². The van der Waals surface area contributed by atoms with E-state index in [0.717, 1.165) is 25.0 Å².